The van der Waals surface area contributed by atoms with Gasteiger partial charge in [0.1, 0.15) is 5.54 Å². The van der Waals surface area contributed by atoms with Crippen LogP contribution in [-0.4, -0.2) is 25.4 Å². The first kappa shape index (κ1) is 10.7. The smallest absolute Gasteiger partial charge is 0.382 e. The molecule has 1 unspecified atom stereocenters. The summed E-state index contributed by atoms with van der Waals surface area (Å²) in [6, 6.07) is 0. The van der Waals surface area contributed by atoms with E-state index in [-0.39, 0.29) is 6.42 Å². The van der Waals surface area contributed by atoms with E-state index in [1.54, 1.807) is 0 Å². The third-order valence-electron chi connectivity index (χ3n) is 1.60. The van der Waals surface area contributed by atoms with Crippen LogP contribution >= 0.6 is 0 Å². The first-order valence-corrected chi connectivity index (χ1v) is 3.22. The van der Waals surface area contributed by atoms with E-state index in [9.17, 15) is 13.2 Å². The summed E-state index contributed by atoms with van der Waals surface area (Å²) in [5.41, 5.74) is 2.84. The number of hydrogen-bond acceptors (Lipinski definition) is 2. The van der Waals surface area contributed by atoms with Crippen LogP contribution in [0.2, 0.25) is 0 Å². The number of methoxy groups -OCH3 is 1. The summed E-state index contributed by atoms with van der Waals surface area (Å²) >= 11 is 0. The lowest BCUT2D eigenvalue weighted by Gasteiger charge is -2.29. The quantitative estimate of drug-likeness (QED) is 0.694. The van der Waals surface area contributed by atoms with Gasteiger partial charge in [-0.3, -0.25) is 0 Å². The van der Waals surface area contributed by atoms with Crippen LogP contribution in [0.5, 0.6) is 0 Å². The van der Waals surface area contributed by atoms with Crippen molar-refractivity contribution >= 4 is 0 Å². The van der Waals surface area contributed by atoms with Crippen LogP contribution in [0.3, 0.4) is 0 Å². The number of alkyl halides is 3. The molecule has 0 aromatic rings. The molecular formula is C6H12F3NO. The standard InChI is InChI=1S/C6H12F3NO/c1-3-5(10,4-11-2)6(7,8)9/h3-4,10H2,1-2H3. The third-order valence-corrected chi connectivity index (χ3v) is 1.60. The maximum Gasteiger partial charge on any atom is 0.408 e. The van der Waals surface area contributed by atoms with Crippen LogP contribution in [-0.2, 0) is 4.74 Å². The third kappa shape index (κ3) is 2.34. The molecule has 1 atom stereocenters. The van der Waals surface area contributed by atoms with Crippen molar-refractivity contribution in [1.29, 1.82) is 0 Å². The molecule has 0 aromatic carbocycles. The second kappa shape index (κ2) is 3.40. The van der Waals surface area contributed by atoms with E-state index in [0.29, 0.717) is 0 Å². The molecule has 2 N–H and O–H groups in total. The molecule has 0 fully saturated rings. The van der Waals surface area contributed by atoms with Gasteiger partial charge in [-0.1, -0.05) is 6.92 Å². The van der Waals surface area contributed by atoms with Crippen LogP contribution < -0.4 is 5.73 Å². The Morgan fingerprint density at radius 3 is 1.91 bits per heavy atom. The summed E-state index contributed by atoms with van der Waals surface area (Å²) in [4.78, 5) is 0. The van der Waals surface area contributed by atoms with Gasteiger partial charge in [0.15, 0.2) is 0 Å². The molecule has 11 heavy (non-hydrogen) atoms. The molecule has 0 radical (unpaired) electrons. The highest BCUT2D eigenvalue weighted by Gasteiger charge is 2.50. The Bertz CT molecular complexity index is 125. The highest BCUT2D eigenvalue weighted by molar-refractivity contribution is 4.90. The van der Waals surface area contributed by atoms with E-state index in [1.165, 1.54) is 14.0 Å². The molecule has 5 heteroatoms. The molecule has 2 nitrogen and oxygen atoms in total. The lowest BCUT2D eigenvalue weighted by Crippen LogP contribution is -2.56. The molecule has 0 saturated heterocycles. The number of halogens is 3. The SMILES string of the molecule is CCC(N)(COC)C(F)(F)F. The highest BCUT2D eigenvalue weighted by Crippen LogP contribution is 2.30. The van der Waals surface area contributed by atoms with E-state index in [4.69, 9.17) is 5.73 Å². The van der Waals surface area contributed by atoms with Crippen LogP contribution in [0.4, 0.5) is 13.2 Å². The normalized spacial score (nSPS) is 18.0. The number of rotatable bonds is 3. The van der Waals surface area contributed by atoms with Crippen LogP contribution in [0, 0.1) is 0 Å². The average molecular weight is 171 g/mol. The Morgan fingerprint density at radius 2 is 1.82 bits per heavy atom. The first-order valence-electron chi connectivity index (χ1n) is 3.22. The second-order valence-corrected chi connectivity index (χ2v) is 2.44. The number of nitrogens with two attached hydrogens (primary N) is 1. The monoisotopic (exact) mass is 171 g/mol. The van der Waals surface area contributed by atoms with Gasteiger partial charge in [0.05, 0.1) is 6.61 Å². The van der Waals surface area contributed by atoms with Crippen molar-refractivity contribution in [1.82, 2.24) is 0 Å². The fourth-order valence-electron chi connectivity index (χ4n) is 0.642. The topological polar surface area (TPSA) is 35.2 Å². The molecule has 0 saturated carbocycles. The lowest BCUT2D eigenvalue weighted by molar-refractivity contribution is -0.198. The molecule has 0 aliphatic carbocycles. The van der Waals surface area contributed by atoms with Crippen molar-refractivity contribution in [2.45, 2.75) is 25.1 Å². The molecule has 0 amide bonds. The van der Waals surface area contributed by atoms with E-state index in [1.807, 2.05) is 0 Å². The summed E-state index contributed by atoms with van der Waals surface area (Å²) in [5, 5.41) is 0. The predicted molar refractivity (Wildman–Crippen MR) is 35.1 cm³/mol. The number of hydrogen-bond donors (Lipinski definition) is 1. The van der Waals surface area contributed by atoms with Gasteiger partial charge < -0.3 is 10.5 Å². The Balaban J connectivity index is 4.33. The van der Waals surface area contributed by atoms with Crippen LogP contribution in [0.1, 0.15) is 13.3 Å². The van der Waals surface area contributed by atoms with Crippen LogP contribution in [0.15, 0.2) is 0 Å². The fourth-order valence-corrected chi connectivity index (χ4v) is 0.642. The van der Waals surface area contributed by atoms with E-state index >= 15 is 0 Å². The van der Waals surface area contributed by atoms with Crippen molar-refractivity contribution in [2.75, 3.05) is 13.7 Å². The molecule has 68 valence electrons. The minimum atomic E-state index is -4.39. The van der Waals surface area contributed by atoms with Gasteiger partial charge in [-0.2, -0.15) is 13.2 Å². The zero-order valence-corrected chi connectivity index (χ0v) is 6.53. The van der Waals surface area contributed by atoms with Crippen molar-refractivity contribution in [3.05, 3.63) is 0 Å². The van der Waals surface area contributed by atoms with Gasteiger partial charge in [0.25, 0.3) is 0 Å². The van der Waals surface area contributed by atoms with E-state index < -0.39 is 18.3 Å². The predicted octanol–water partition coefficient (Wildman–Crippen LogP) is 1.30. The first-order chi connectivity index (χ1) is 4.87. The van der Waals surface area contributed by atoms with E-state index in [2.05, 4.69) is 4.74 Å². The average Bonchev–Trinajstić information content (AvgIpc) is 1.86. The van der Waals surface area contributed by atoms with Crippen molar-refractivity contribution in [2.24, 2.45) is 5.73 Å². The molecule has 0 aliphatic heterocycles. The zero-order valence-electron chi connectivity index (χ0n) is 6.53. The summed E-state index contributed by atoms with van der Waals surface area (Å²) in [6.07, 6.45) is -4.57. The highest BCUT2D eigenvalue weighted by atomic mass is 19.4. The fraction of sp³-hybridized carbons (Fsp3) is 1.00. The van der Waals surface area contributed by atoms with E-state index in [0.717, 1.165) is 0 Å². The Hall–Kier alpha value is -0.290. The molecule has 0 heterocycles. The van der Waals surface area contributed by atoms with Crippen molar-refractivity contribution in [3.8, 4) is 0 Å². The largest absolute Gasteiger partial charge is 0.408 e. The number of ether oxygens (including phenoxy) is 1. The zero-order chi connectivity index (χ0) is 9.12. The molecule has 0 aliphatic rings. The molecule has 0 aromatic heterocycles. The molecule has 0 rings (SSSR count). The maximum atomic E-state index is 12.1. The van der Waals surface area contributed by atoms with Crippen molar-refractivity contribution < 1.29 is 17.9 Å². The van der Waals surface area contributed by atoms with Gasteiger partial charge in [0.2, 0.25) is 0 Å². The Kier molecular flexibility index (Phi) is 3.31. The van der Waals surface area contributed by atoms with Gasteiger partial charge in [-0.25, -0.2) is 0 Å². The summed E-state index contributed by atoms with van der Waals surface area (Å²) < 4.78 is 40.6. The molecule has 0 spiro atoms. The minimum Gasteiger partial charge on any atom is -0.382 e. The second-order valence-electron chi connectivity index (χ2n) is 2.44. The Labute approximate surface area is 63.5 Å². The molecule has 0 bridgehead atoms. The van der Waals surface area contributed by atoms with Crippen LogP contribution in [0.25, 0.3) is 0 Å². The summed E-state index contributed by atoms with van der Waals surface area (Å²) in [6.45, 7) is 0.888. The lowest BCUT2D eigenvalue weighted by atomic mass is 9.98. The Morgan fingerprint density at radius 1 is 1.36 bits per heavy atom. The summed E-state index contributed by atoms with van der Waals surface area (Å²) in [5.74, 6) is 0. The van der Waals surface area contributed by atoms with Gasteiger partial charge >= 0.3 is 6.18 Å². The molecular weight excluding hydrogens is 159 g/mol. The summed E-state index contributed by atoms with van der Waals surface area (Å²) in [7, 11) is 1.20. The van der Waals surface area contributed by atoms with Gasteiger partial charge in [-0.05, 0) is 6.42 Å². The van der Waals surface area contributed by atoms with Crippen molar-refractivity contribution in [3.63, 3.8) is 0 Å². The van der Waals surface area contributed by atoms with Gasteiger partial charge in [0, 0.05) is 7.11 Å². The van der Waals surface area contributed by atoms with Gasteiger partial charge in [-0.15, -0.1) is 0 Å². The minimum absolute atomic E-state index is 0.176. The maximum absolute atomic E-state index is 12.1.